The highest BCUT2D eigenvalue weighted by Gasteiger charge is 2.25. The topological polar surface area (TPSA) is 48.6 Å². The summed E-state index contributed by atoms with van der Waals surface area (Å²) in [5.41, 5.74) is 0. The number of furan rings is 1. The van der Waals surface area contributed by atoms with Crippen molar-refractivity contribution in [3.8, 4) is 0 Å². The fourth-order valence-electron chi connectivity index (χ4n) is 1.77. The van der Waals surface area contributed by atoms with Crippen LogP contribution in [0.15, 0.2) is 22.8 Å². The molecule has 0 spiro atoms. The Morgan fingerprint density at radius 3 is 3.06 bits per heavy atom. The molecule has 0 radical (unpaired) electrons. The van der Waals surface area contributed by atoms with Gasteiger partial charge in [0.25, 0.3) is 0 Å². The minimum Gasteiger partial charge on any atom is -0.467 e. The van der Waals surface area contributed by atoms with Crippen molar-refractivity contribution in [3.63, 3.8) is 0 Å². The molecule has 4 heteroatoms. The molecule has 0 saturated heterocycles. The predicted molar refractivity (Wildman–Crippen MR) is 62.2 cm³/mol. The summed E-state index contributed by atoms with van der Waals surface area (Å²) in [5, 5.41) is 13.0. The van der Waals surface area contributed by atoms with Crippen molar-refractivity contribution in [2.24, 2.45) is 0 Å². The molecule has 1 aromatic heterocycles. The van der Waals surface area contributed by atoms with Crippen LogP contribution >= 0.6 is 0 Å². The molecule has 90 valence electrons. The standard InChI is InChI=1S/C12H20N2O2/c1-14(10-4-5-10)7-6-13-9-11(15)12-3-2-8-16-12/h2-3,8,10-11,13,15H,4-7,9H2,1H3. The van der Waals surface area contributed by atoms with Gasteiger partial charge in [0, 0.05) is 25.7 Å². The molecule has 1 fully saturated rings. The second-order valence-electron chi connectivity index (χ2n) is 4.45. The molecule has 0 aromatic carbocycles. The Hall–Kier alpha value is -0.840. The molecule has 16 heavy (non-hydrogen) atoms. The van der Waals surface area contributed by atoms with Crippen LogP contribution in [0.2, 0.25) is 0 Å². The van der Waals surface area contributed by atoms with Gasteiger partial charge < -0.3 is 19.7 Å². The van der Waals surface area contributed by atoms with Gasteiger partial charge in [-0.2, -0.15) is 0 Å². The third kappa shape index (κ3) is 3.33. The van der Waals surface area contributed by atoms with Gasteiger partial charge in [-0.15, -0.1) is 0 Å². The lowest BCUT2D eigenvalue weighted by atomic mass is 10.3. The molecule has 2 rings (SSSR count). The molecular formula is C12H20N2O2. The number of hydrogen-bond donors (Lipinski definition) is 2. The van der Waals surface area contributed by atoms with Crippen molar-refractivity contribution in [1.29, 1.82) is 0 Å². The van der Waals surface area contributed by atoms with E-state index in [-0.39, 0.29) is 0 Å². The van der Waals surface area contributed by atoms with E-state index in [0.29, 0.717) is 12.3 Å². The van der Waals surface area contributed by atoms with Gasteiger partial charge in [0.05, 0.1) is 6.26 Å². The van der Waals surface area contributed by atoms with Crippen molar-refractivity contribution >= 4 is 0 Å². The first-order valence-electron chi connectivity index (χ1n) is 5.90. The average molecular weight is 224 g/mol. The SMILES string of the molecule is CN(CCNCC(O)c1ccco1)C1CC1. The fraction of sp³-hybridized carbons (Fsp3) is 0.667. The van der Waals surface area contributed by atoms with Gasteiger partial charge in [-0.3, -0.25) is 0 Å². The fourth-order valence-corrected chi connectivity index (χ4v) is 1.77. The molecule has 1 aliphatic rings. The Morgan fingerprint density at radius 1 is 1.62 bits per heavy atom. The van der Waals surface area contributed by atoms with Crippen LogP contribution in [-0.4, -0.2) is 42.7 Å². The molecule has 4 nitrogen and oxygen atoms in total. The van der Waals surface area contributed by atoms with Gasteiger partial charge in [-0.05, 0) is 32.0 Å². The van der Waals surface area contributed by atoms with Crippen LogP contribution in [-0.2, 0) is 0 Å². The largest absolute Gasteiger partial charge is 0.467 e. The summed E-state index contributed by atoms with van der Waals surface area (Å²) < 4.78 is 5.12. The molecule has 0 bridgehead atoms. The van der Waals surface area contributed by atoms with Crippen molar-refractivity contribution in [2.45, 2.75) is 25.0 Å². The highest BCUT2D eigenvalue weighted by molar-refractivity contribution is 5.02. The summed E-state index contributed by atoms with van der Waals surface area (Å²) in [7, 11) is 2.16. The molecule has 1 heterocycles. The number of aliphatic hydroxyl groups excluding tert-OH is 1. The second kappa shape index (κ2) is 5.48. The Kier molecular flexibility index (Phi) is 3.98. The number of likely N-dealkylation sites (N-methyl/N-ethyl adjacent to an activating group) is 1. The Labute approximate surface area is 96.2 Å². The molecule has 1 saturated carbocycles. The Balaban J connectivity index is 1.57. The van der Waals surface area contributed by atoms with E-state index in [0.717, 1.165) is 19.1 Å². The van der Waals surface area contributed by atoms with E-state index in [1.807, 2.05) is 0 Å². The third-order valence-electron chi connectivity index (χ3n) is 3.02. The van der Waals surface area contributed by atoms with Crippen molar-refractivity contribution in [3.05, 3.63) is 24.2 Å². The van der Waals surface area contributed by atoms with Crippen LogP contribution in [0, 0.1) is 0 Å². The van der Waals surface area contributed by atoms with Gasteiger partial charge in [0.15, 0.2) is 0 Å². The zero-order chi connectivity index (χ0) is 11.4. The summed E-state index contributed by atoms with van der Waals surface area (Å²) in [4.78, 5) is 2.37. The number of aliphatic hydroxyl groups is 1. The van der Waals surface area contributed by atoms with Crippen LogP contribution in [0.5, 0.6) is 0 Å². The zero-order valence-corrected chi connectivity index (χ0v) is 9.72. The van der Waals surface area contributed by atoms with Crippen LogP contribution in [0.1, 0.15) is 24.7 Å². The van der Waals surface area contributed by atoms with Gasteiger partial charge in [-0.25, -0.2) is 0 Å². The first-order valence-corrected chi connectivity index (χ1v) is 5.90. The second-order valence-corrected chi connectivity index (χ2v) is 4.45. The van der Waals surface area contributed by atoms with E-state index in [4.69, 9.17) is 4.42 Å². The van der Waals surface area contributed by atoms with Gasteiger partial charge in [0.1, 0.15) is 11.9 Å². The molecule has 1 unspecified atom stereocenters. The summed E-state index contributed by atoms with van der Waals surface area (Å²) in [5.74, 6) is 0.628. The van der Waals surface area contributed by atoms with E-state index in [1.54, 1.807) is 18.4 Å². The van der Waals surface area contributed by atoms with E-state index in [9.17, 15) is 5.11 Å². The van der Waals surface area contributed by atoms with Crippen LogP contribution < -0.4 is 5.32 Å². The number of rotatable bonds is 7. The first-order chi connectivity index (χ1) is 7.77. The van der Waals surface area contributed by atoms with Gasteiger partial charge >= 0.3 is 0 Å². The molecule has 1 aliphatic carbocycles. The Bertz CT molecular complexity index is 296. The lowest BCUT2D eigenvalue weighted by molar-refractivity contribution is 0.146. The van der Waals surface area contributed by atoms with Crippen LogP contribution in [0.4, 0.5) is 0 Å². The molecule has 0 amide bonds. The van der Waals surface area contributed by atoms with Gasteiger partial charge in [-0.1, -0.05) is 0 Å². The number of nitrogens with zero attached hydrogens (tertiary/aromatic N) is 1. The van der Waals surface area contributed by atoms with Crippen molar-refractivity contribution in [2.75, 3.05) is 26.7 Å². The number of nitrogens with one attached hydrogen (secondary N) is 1. The summed E-state index contributed by atoms with van der Waals surface area (Å²) in [6.07, 6.45) is 3.72. The van der Waals surface area contributed by atoms with E-state index < -0.39 is 6.10 Å². The van der Waals surface area contributed by atoms with E-state index >= 15 is 0 Å². The van der Waals surface area contributed by atoms with E-state index in [1.165, 1.54) is 12.8 Å². The van der Waals surface area contributed by atoms with Crippen LogP contribution in [0.3, 0.4) is 0 Å². The number of hydrogen-bond acceptors (Lipinski definition) is 4. The highest BCUT2D eigenvalue weighted by Crippen LogP contribution is 2.24. The molecule has 2 N–H and O–H groups in total. The maximum atomic E-state index is 9.73. The molecule has 1 atom stereocenters. The predicted octanol–water partition coefficient (Wildman–Crippen LogP) is 0.997. The van der Waals surface area contributed by atoms with Gasteiger partial charge in [0.2, 0.25) is 0 Å². The Morgan fingerprint density at radius 2 is 2.44 bits per heavy atom. The minimum absolute atomic E-state index is 0.541. The quantitative estimate of drug-likeness (QED) is 0.678. The summed E-state index contributed by atoms with van der Waals surface area (Å²) >= 11 is 0. The highest BCUT2D eigenvalue weighted by atomic mass is 16.4. The summed E-state index contributed by atoms with van der Waals surface area (Å²) in [6, 6.07) is 4.39. The maximum Gasteiger partial charge on any atom is 0.133 e. The molecular weight excluding hydrogens is 204 g/mol. The average Bonchev–Trinajstić information content (AvgIpc) is 2.99. The minimum atomic E-state index is -0.541. The third-order valence-corrected chi connectivity index (χ3v) is 3.02. The van der Waals surface area contributed by atoms with Crippen molar-refractivity contribution < 1.29 is 9.52 Å². The monoisotopic (exact) mass is 224 g/mol. The maximum absolute atomic E-state index is 9.73. The molecule has 0 aliphatic heterocycles. The van der Waals surface area contributed by atoms with E-state index in [2.05, 4.69) is 17.3 Å². The molecule has 1 aromatic rings. The lowest BCUT2D eigenvalue weighted by Gasteiger charge is -2.16. The summed E-state index contributed by atoms with van der Waals surface area (Å²) in [6.45, 7) is 2.49. The first kappa shape index (κ1) is 11.6. The van der Waals surface area contributed by atoms with Crippen LogP contribution in [0.25, 0.3) is 0 Å². The lowest BCUT2D eigenvalue weighted by Crippen LogP contribution is -2.32. The van der Waals surface area contributed by atoms with Crippen molar-refractivity contribution in [1.82, 2.24) is 10.2 Å². The zero-order valence-electron chi connectivity index (χ0n) is 9.72. The normalized spacial score (nSPS) is 17.9. The smallest absolute Gasteiger partial charge is 0.133 e.